The van der Waals surface area contributed by atoms with Crippen LogP contribution in [0.3, 0.4) is 0 Å². The molecular weight excluding hydrogens is 366 g/mol. The van der Waals surface area contributed by atoms with Crippen molar-refractivity contribution in [1.82, 2.24) is 4.98 Å². The number of nitrogens with zero attached hydrogens (tertiary/aromatic N) is 3. The smallest absolute Gasteiger partial charge is 0.159 e. The molecule has 3 heteroatoms. The van der Waals surface area contributed by atoms with Gasteiger partial charge in [0.15, 0.2) is 5.82 Å². The van der Waals surface area contributed by atoms with E-state index in [1.807, 2.05) is 0 Å². The van der Waals surface area contributed by atoms with Crippen LogP contribution < -0.4 is 9.80 Å². The number of para-hydroxylation sites is 1. The molecule has 0 saturated carbocycles. The van der Waals surface area contributed by atoms with E-state index in [1.165, 1.54) is 28.1 Å². The zero-order valence-corrected chi connectivity index (χ0v) is 18.6. The molecular formula is C27H31N3. The van der Waals surface area contributed by atoms with Crippen molar-refractivity contribution in [3.63, 3.8) is 0 Å². The molecule has 3 atom stereocenters. The third kappa shape index (κ3) is 2.68. The van der Waals surface area contributed by atoms with E-state index in [0.29, 0.717) is 24.0 Å². The number of benzene rings is 2. The van der Waals surface area contributed by atoms with Gasteiger partial charge in [-0.05, 0) is 62.4 Å². The standard InChI is InChI=1S/C27H31N3/c1-6-20-19(5)22-13-9-10-14-24(22)30-26-25(29(17(2)3)27(20)30)16-15-23(28-26)21-12-8-7-11-18(21)4/h7-17,19-20,27H,6H2,1-5H3. The molecule has 3 unspecified atom stereocenters. The van der Waals surface area contributed by atoms with Crippen LogP contribution in [0.15, 0.2) is 60.7 Å². The monoisotopic (exact) mass is 397 g/mol. The highest BCUT2D eigenvalue weighted by molar-refractivity contribution is 5.85. The topological polar surface area (TPSA) is 19.4 Å². The first-order chi connectivity index (χ1) is 14.5. The molecule has 0 fully saturated rings. The minimum absolute atomic E-state index is 0.314. The lowest BCUT2D eigenvalue weighted by Gasteiger charge is -2.47. The van der Waals surface area contributed by atoms with Gasteiger partial charge in [0.25, 0.3) is 0 Å². The Labute approximate surface area is 180 Å². The van der Waals surface area contributed by atoms with Gasteiger partial charge in [-0.2, -0.15) is 0 Å². The average molecular weight is 398 g/mol. The molecule has 30 heavy (non-hydrogen) atoms. The molecule has 5 rings (SSSR count). The van der Waals surface area contributed by atoms with Crippen molar-refractivity contribution in [2.45, 2.75) is 59.2 Å². The highest BCUT2D eigenvalue weighted by Crippen LogP contribution is 2.54. The molecule has 1 aromatic heterocycles. The summed E-state index contributed by atoms with van der Waals surface area (Å²) in [4.78, 5) is 10.4. The number of aryl methyl sites for hydroxylation is 1. The summed E-state index contributed by atoms with van der Waals surface area (Å²) in [7, 11) is 0. The molecule has 3 heterocycles. The fourth-order valence-corrected chi connectivity index (χ4v) is 5.61. The van der Waals surface area contributed by atoms with Gasteiger partial charge in [-0.25, -0.2) is 4.98 Å². The van der Waals surface area contributed by atoms with Crippen molar-refractivity contribution >= 4 is 17.2 Å². The normalized spacial score (nSPS) is 22.1. The number of rotatable bonds is 3. The molecule has 2 aliphatic heterocycles. The molecule has 0 saturated heterocycles. The highest BCUT2D eigenvalue weighted by atomic mass is 15.5. The quantitative estimate of drug-likeness (QED) is 0.479. The summed E-state index contributed by atoms with van der Waals surface area (Å²) in [6.07, 6.45) is 1.47. The minimum Gasteiger partial charge on any atom is -0.345 e. The molecule has 0 spiro atoms. The second-order valence-corrected chi connectivity index (χ2v) is 9.06. The Balaban J connectivity index is 1.75. The van der Waals surface area contributed by atoms with Crippen LogP contribution in [0.1, 0.15) is 51.2 Å². The maximum atomic E-state index is 5.28. The molecule has 3 aromatic rings. The summed E-state index contributed by atoms with van der Waals surface area (Å²) in [5.41, 5.74) is 7.55. The van der Waals surface area contributed by atoms with E-state index in [2.05, 4.69) is 105 Å². The Morgan fingerprint density at radius 3 is 2.40 bits per heavy atom. The number of aromatic nitrogens is 1. The van der Waals surface area contributed by atoms with Crippen LogP contribution in [0.2, 0.25) is 0 Å². The van der Waals surface area contributed by atoms with E-state index in [9.17, 15) is 0 Å². The molecule has 0 aliphatic carbocycles. The summed E-state index contributed by atoms with van der Waals surface area (Å²) in [6, 6.07) is 22.4. The Hall–Kier alpha value is -2.81. The fraction of sp³-hybridized carbons (Fsp3) is 0.370. The lowest BCUT2D eigenvalue weighted by Crippen LogP contribution is -2.53. The van der Waals surface area contributed by atoms with Crippen LogP contribution in [0.25, 0.3) is 11.3 Å². The maximum Gasteiger partial charge on any atom is 0.159 e. The lowest BCUT2D eigenvalue weighted by molar-refractivity contribution is 0.322. The molecule has 0 amide bonds. The van der Waals surface area contributed by atoms with Gasteiger partial charge >= 0.3 is 0 Å². The first kappa shape index (κ1) is 19.2. The van der Waals surface area contributed by atoms with E-state index in [1.54, 1.807) is 0 Å². The van der Waals surface area contributed by atoms with Gasteiger partial charge in [0.05, 0.1) is 11.4 Å². The number of pyridine rings is 1. The summed E-state index contributed by atoms with van der Waals surface area (Å²) in [5, 5.41) is 0. The molecule has 0 bridgehead atoms. The van der Waals surface area contributed by atoms with E-state index < -0.39 is 0 Å². The Morgan fingerprint density at radius 1 is 0.933 bits per heavy atom. The third-order valence-electron chi connectivity index (χ3n) is 7.07. The highest BCUT2D eigenvalue weighted by Gasteiger charge is 2.48. The van der Waals surface area contributed by atoms with Crippen molar-refractivity contribution in [2.75, 3.05) is 9.80 Å². The Morgan fingerprint density at radius 2 is 1.67 bits per heavy atom. The minimum atomic E-state index is 0.314. The average Bonchev–Trinajstić information content (AvgIpc) is 3.09. The van der Waals surface area contributed by atoms with Gasteiger partial charge < -0.3 is 9.80 Å². The Bertz CT molecular complexity index is 1090. The number of hydrogen-bond donors (Lipinski definition) is 0. The van der Waals surface area contributed by atoms with Gasteiger partial charge in [0.1, 0.15) is 6.17 Å². The molecule has 154 valence electrons. The third-order valence-corrected chi connectivity index (χ3v) is 7.07. The van der Waals surface area contributed by atoms with Crippen molar-refractivity contribution in [1.29, 1.82) is 0 Å². The van der Waals surface area contributed by atoms with E-state index in [4.69, 9.17) is 4.98 Å². The zero-order valence-electron chi connectivity index (χ0n) is 18.6. The predicted octanol–water partition coefficient (Wildman–Crippen LogP) is 6.89. The molecule has 0 N–H and O–H groups in total. The first-order valence-corrected chi connectivity index (χ1v) is 11.3. The number of anilines is 3. The van der Waals surface area contributed by atoms with Crippen molar-refractivity contribution < 1.29 is 0 Å². The van der Waals surface area contributed by atoms with Gasteiger partial charge in [0.2, 0.25) is 0 Å². The number of fused-ring (bicyclic) bond motifs is 5. The molecule has 2 aromatic carbocycles. The van der Waals surface area contributed by atoms with Crippen LogP contribution >= 0.6 is 0 Å². The van der Waals surface area contributed by atoms with Gasteiger partial charge in [-0.3, -0.25) is 0 Å². The Kier molecular flexibility index (Phi) is 4.57. The van der Waals surface area contributed by atoms with Crippen molar-refractivity contribution in [3.8, 4) is 11.3 Å². The van der Waals surface area contributed by atoms with Crippen LogP contribution in [-0.2, 0) is 0 Å². The van der Waals surface area contributed by atoms with Crippen molar-refractivity contribution in [2.24, 2.45) is 5.92 Å². The van der Waals surface area contributed by atoms with Crippen LogP contribution in [0.4, 0.5) is 17.2 Å². The largest absolute Gasteiger partial charge is 0.345 e. The van der Waals surface area contributed by atoms with Gasteiger partial charge in [-0.1, -0.05) is 56.3 Å². The molecule has 0 radical (unpaired) electrons. The van der Waals surface area contributed by atoms with E-state index in [0.717, 1.165) is 17.9 Å². The predicted molar refractivity (Wildman–Crippen MR) is 127 cm³/mol. The summed E-state index contributed by atoms with van der Waals surface area (Å²) < 4.78 is 0. The van der Waals surface area contributed by atoms with Crippen molar-refractivity contribution in [3.05, 3.63) is 71.8 Å². The zero-order chi connectivity index (χ0) is 21.0. The second kappa shape index (κ2) is 7.16. The number of hydrogen-bond acceptors (Lipinski definition) is 3. The first-order valence-electron chi connectivity index (χ1n) is 11.3. The second-order valence-electron chi connectivity index (χ2n) is 9.06. The lowest BCUT2D eigenvalue weighted by atomic mass is 9.78. The van der Waals surface area contributed by atoms with Crippen LogP contribution in [-0.4, -0.2) is 17.2 Å². The van der Waals surface area contributed by atoms with E-state index in [-0.39, 0.29) is 0 Å². The van der Waals surface area contributed by atoms with Crippen LogP contribution in [0, 0.1) is 12.8 Å². The summed E-state index contributed by atoms with van der Waals surface area (Å²) in [6.45, 7) is 11.5. The van der Waals surface area contributed by atoms with Gasteiger partial charge in [0, 0.05) is 23.2 Å². The fourth-order valence-electron chi connectivity index (χ4n) is 5.61. The summed E-state index contributed by atoms with van der Waals surface area (Å²) >= 11 is 0. The SMILES string of the molecule is CCC1C(C)c2ccccc2N2c3nc(-c4ccccc4C)ccc3N(C(C)C)C12. The van der Waals surface area contributed by atoms with Gasteiger partial charge in [-0.15, -0.1) is 0 Å². The molecule has 2 aliphatic rings. The molecule has 3 nitrogen and oxygen atoms in total. The van der Waals surface area contributed by atoms with E-state index >= 15 is 0 Å². The maximum absolute atomic E-state index is 5.28. The van der Waals surface area contributed by atoms with Crippen LogP contribution in [0.5, 0.6) is 0 Å². The summed E-state index contributed by atoms with van der Waals surface area (Å²) in [5.74, 6) is 2.18.